The van der Waals surface area contributed by atoms with E-state index < -0.39 is 47.9 Å². The first-order valence-electron chi connectivity index (χ1n) is 9.54. The smallest absolute Gasteiger partial charge is 0.326 e. The van der Waals surface area contributed by atoms with Crippen LogP contribution < -0.4 is 10.6 Å². The molecule has 10 nitrogen and oxygen atoms in total. The molecule has 2 heterocycles. The lowest BCUT2D eigenvalue weighted by Crippen LogP contribution is -2.55. The SMILES string of the molecule is CC(=O)N1CCC[C@H]1C(=O)N[C@@H](C)C(=O)N[C@@H](C)C(=O)N1CCC[C@H]1C(=O)O. The lowest BCUT2D eigenvalue weighted by atomic mass is 10.1. The summed E-state index contributed by atoms with van der Waals surface area (Å²) in [7, 11) is 0. The van der Waals surface area contributed by atoms with Crippen molar-refractivity contribution in [2.45, 2.75) is 70.6 Å². The molecule has 0 aromatic heterocycles. The van der Waals surface area contributed by atoms with Gasteiger partial charge in [0.2, 0.25) is 23.6 Å². The largest absolute Gasteiger partial charge is 0.480 e. The normalized spacial score (nSPS) is 23.8. The van der Waals surface area contributed by atoms with Crippen LogP contribution in [0, 0.1) is 0 Å². The molecule has 0 saturated carbocycles. The van der Waals surface area contributed by atoms with Crippen molar-refractivity contribution >= 4 is 29.6 Å². The van der Waals surface area contributed by atoms with Crippen molar-refractivity contribution in [2.75, 3.05) is 13.1 Å². The van der Waals surface area contributed by atoms with E-state index in [4.69, 9.17) is 0 Å². The number of hydrogen-bond acceptors (Lipinski definition) is 5. The first-order valence-corrected chi connectivity index (χ1v) is 9.54. The summed E-state index contributed by atoms with van der Waals surface area (Å²) in [4.78, 5) is 62.8. The van der Waals surface area contributed by atoms with Crippen LogP contribution in [0.1, 0.15) is 46.5 Å². The number of amides is 4. The third-order valence-electron chi connectivity index (χ3n) is 5.26. The molecule has 0 bridgehead atoms. The van der Waals surface area contributed by atoms with E-state index in [-0.39, 0.29) is 5.91 Å². The lowest BCUT2D eigenvalue weighted by molar-refractivity contribution is -0.149. The second-order valence-electron chi connectivity index (χ2n) is 7.36. The predicted molar refractivity (Wildman–Crippen MR) is 98.0 cm³/mol. The second kappa shape index (κ2) is 9.03. The van der Waals surface area contributed by atoms with Crippen molar-refractivity contribution in [2.24, 2.45) is 0 Å². The number of nitrogens with zero attached hydrogens (tertiary/aromatic N) is 2. The van der Waals surface area contributed by atoms with E-state index in [0.29, 0.717) is 32.4 Å². The van der Waals surface area contributed by atoms with Crippen LogP contribution in [0.3, 0.4) is 0 Å². The molecule has 28 heavy (non-hydrogen) atoms. The van der Waals surface area contributed by atoms with Crippen LogP contribution >= 0.6 is 0 Å². The minimum absolute atomic E-state index is 0.187. The highest BCUT2D eigenvalue weighted by atomic mass is 16.4. The fraction of sp³-hybridized carbons (Fsp3) is 0.722. The molecule has 0 radical (unpaired) electrons. The Kier molecular flexibility index (Phi) is 6.98. The van der Waals surface area contributed by atoms with Crippen LogP contribution in [0.15, 0.2) is 0 Å². The summed E-state index contributed by atoms with van der Waals surface area (Å²) in [6, 6.07) is -3.27. The van der Waals surface area contributed by atoms with Gasteiger partial charge in [-0.2, -0.15) is 0 Å². The standard InChI is InChI=1S/C18H28N4O6/c1-10(19-16(25)13-6-4-8-21(13)12(3)23)15(24)20-11(2)17(26)22-9-5-7-14(22)18(27)28/h10-11,13-14H,4-9H2,1-3H3,(H,19,25)(H,20,24)(H,27,28)/t10-,11-,13-,14-/m0/s1. The third-order valence-corrected chi connectivity index (χ3v) is 5.26. The summed E-state index contributed by atoms with van der Waals surface area (Å²) < 4.78 is 0. The fourth-order valence-electron chi connectivity index (χ4n) is 3.73. The van der Waals surface area contributed by atoms with Crippen LogP contribution in [-0.4, -0.2) is 81.8 Å². The number of carbonyl (C=O) groups is 5. The maximum Gasteiger partial charge on any atom is 0.326 e. The van der Waals surface area contributed by atoms with Gasteiger partial charge in [-0.1, -0.05) is 0 Å². The summed E-state index contributed by atoms with van der Waals surface area (Å²) in [5.41, 5.74) is 0. The maximum atomic E-state index is 12.5. The number of likely N-dealkylation sites (tertiary alicyclic amines) is 2. The van der Waals surface area contributed by atoms with E-state index in [0.717, 1.165) is 6.42 Å². The molecule has 2 rings (SSSR count). The number of carboxylic acid groups (broad SMARTS) is 1. The number of nitrogens with one attached hydrogen (secondary N) is 2. The highest BCUT2D eigenvalue weighted by Crippen LogP contribution is 2.19. The van der Waals surface area contributed by atoms with Gasteiger partial charge in [0, 0.05) is 20.0 Å². The molecule has 2 fully saturated rings. The predicted octanol–water partition coefficient (Wildman–Crippen LogP) is -0.918. The van der Waals surface area contributed by atoms with Crippen molar-refractivity contribution in [3.05, 3.63) is 0 Å². The van der Waals surface area contributed by atoms with Gasteiger partial charge in [0.1, 0.15) is 24.2 Å². The second-order valence-corrected chi connectivity index (χ2v) is 7.36. The summed E-state index contributed by atoms with van der Waals surface area (Å²) >= 11 is 0. The molecule has 0 aromatic carbocycles. The Morgan fingerprint density at radius 3 is 2.04 bits per heavy atom. The van der Waals surface area contributed by atoms with Crippen LogP contribution in [0.25, 0.3) is 0 Å². The highest BCUT2D eigenvalue weighted by molar-refractivity contribution is 5.94. The van der Waals surface area contributed by atoms with Gasteiger partial charge in [-0.05, 0) is 39.5 Å². The Hall–Kier alpha value is -2.65. The third kappa shape index (κ3) is 4.79. The fourth-order valence-corrected chi connectivity index (χ4v) is 3.73. The van der Waals surface area contributed by atoms with Gasteiger partial charge in [0.05, 0.1) is 0 Å². The molecule has 2 saturated heterocycles. The molecule has 0 aromatic rings. The van der Waals surface area contributed by atoms with Gasteiger partial charge >= 0.3 is 5.97 Å². The molecule has 3 N–H and O–H groups in total. The minimum Gasteiger partial charge on any atom is -0.480 e. The summed E-state index contributed by atoms with van der Waals surface area (Å²) in [5.74, 6) is -2.66. The van der Waals surface area contributed by atoms with Crippen molar-refractivity contribution in [3.8, 4) is 0 Å². The van der Waals surface area contributed by atoms with Gasteiger partial charge in [-0.15, -0.1) is 0 Å². The van der Waals surface area contributed by atoms with Crippen molar-refractivity contribution in [3.63, 3.8) is 0 Å². The van der Waals surface area contributed by atoms with Crippen LogP contribution in [0.2, 0.25) is 0 Å². The van der Waals surface area contributed by atoms with E-state index in [2.05, 4.69) is 10.6 Å². The molecule has 156 valence electrons. The maximum absolute atomic E-state index is 12.5. The molecule has 4 atom stereocenters. The highest BCUT2D eigenvalue weighted by Gasteiger charge is 2.37. The molecule has 0 unspecified atom stereocenters. The first kappa shape index (κ1) is 21.6. The average Bonchev–Trinajstić information content (AvgIpc) is 3.29. The van der Waals surface area contributed by atoms with Crippen molar-refractivity contribution in [1.29, 1.82) is 0 Å². The summed E-state index contributed by atoms with van der Waals surface area (Å²) in [5, 5.41) is 14.3. The molecule has 10 heteroatoms. The van der Waals surface area contributed by atoms with Crippen LogP contribution in [0.4, 0.5) is 0 Å². The topological polar surface area (TPSA) is 136 Å². The Morgan fingerprint density at radius 1 is 0.893 bits per heavy atom. The molecular weight excluding hydrogens is 368 g/mol. The zero-order valence-electron chi connectivity index (χ0n) is 16.4. The Balaban J connectivity index is 1.89. The zero-order valence-corrected chi connectivity index (χ0v) is 16.4. The summed E-state index contributed by atoms with van der Waals surface area (Å²) in [6.07, 6.45) is 2.26. The van der Waals surface area contributed by atoms with Gasteiger partial charge < -0.3 is 25.5 Å². The molecule has 2 aliphatic heterocycles. The Morgan fingerprint density at radius 2 is 1.46 bits per heavy atom. The van der Waals surface area contributed by atoms with E-state index in [9.17, 15) is 29.1 Å². The first-order chi connectivity index (χ1) is 13.1. The quantitative estimate of drug-likeness (QED) is 0.531. The Labute approximate surface area is 163 Å². The zero-order chi connectivity index (χ0) is 21.0. The van der Waals surface area contributed by atoms with Gasteiger partial charge in [0.15, 0.2) is 0 Å². The van der Waals surface area contributed by atoms with E-state index in [1.54, 1.807) is 0 Å². The van der Waals surface area contributed by atoms with Gasteiger partial charge in [-0.25, -0.2) is 4.79 Å². The Bertz CT molecular complexity index is 666. The van der Waals surface area contributed by atoms with E-state index in [1.165, 1.54) is 30.6 Å². The van der Waals surface area contributed by atoms with Crippen molar-refractivity contribution < 1.29 is 29.1 Å². The van der Waals surface area contributed by atoms with Gasteiger partial charge in [0.25, 0.3) is 0 Å². The monoisotopic (exact) mass is 396 g/mol. The minimum atomic E-state index is -1.06. The van der Waals surface area contributed by atoms with Crippen LogP contribution in [0.5, 0.6) is 0 Å². The molecule has 2 aliphatic rings. The lowest BCUT2D eigenvalue weighted by Gasteiger charge is -2.27. The van der Waals surface area contributed by atoms with E-state index >= 15 is 0 Å². The number of aliphatic carboxylic acids is 1. The average molecular weight is 396 g/mol. The number of hydrogen-bond donors (Lipinski definition) is 3. The van der Waals surface area contributed by atoms with Crippen LogP contribution in [-0.2, 0) is 24.0 Å². The number of carbonyl (C=O) groups excluding carboxylic acids is 4. The van der Waals surface area contributed by atoms with Crippen molar-refractivity contribution in [1.82, 2.24) is 20.4 Å². The molecular formula is C18H28N4O6. The molecule has 0 aliphatic carbocycles. The number of carboxylic acids is 1. The summed E-state index contributed by atoms with van der Waals surface area (Å²) in [6.45, 7) is 5.23. The molecule has 4 amide bonds. The van der Waals surface area contributed by atoms with E-state index in [1.807, 2.05) is 0 Å². The number of rotatable bonds is 6. The van der Waals surface area contributed by atoms with Gasteiger partial charge in [-0.3, -0.25) is 19.2 Å². The molecule has 0 spiro atoms.